The number of carbonyl (C=O) groups excluding carboxylic acids is 3. The summed E-state index contributed by atoms with van der Waals surface area (Å²) in [7, 11) is 0. The van der Waals surface area contributed by atoms with Crippen LogP contribution in [0.1, 0.15) is 50.7 Å². The topological polar surface area (TPSA) is 152 Å². The minimum absolute atomic E-state index is 0.111. The lowest BCUT2D eigenvalue weighted by molar-refractivity contribution is -0.288. The third-order valence-corrected chi connectivity index (χ3v) is 8.23. The van der Waals surface area contributed by atoms with Gasteiger partial charge in [-0.25, -0.2) is 9.59 Å². The van der Waals surface area contributed by atoms with Gasteiger partial charge in [-0.15, -0.1) is 0 Å². The molecule has 42 heavy (non-hydrogen) atoms. The molecule has 2 aromatic rings. The first-order chi connectivity index (χ1) is 20.1. The Morgan fingerprint density at radius 1 is 0.857 bits per heavy atom. The maximum Gasteiger partial charge on any atom is 0.338 e. The second-order valence-electron chi connectivity index (χ2n) is 11.5. The molecule has 10 heteroatoms. The summed E-state index contributed by atoms with van der Waals surface area (Å²) >= 11 is 0. The molecule has 6 atom stereocenters. The van der Waals surface area contributed by atoms with Crippen molar-refractivity contribution in [3.8, 4) is 0 Å². The van der Waals surface area contributed by atoms with Crippen molar-refractivity contribution in [2.24, 2.45) is 17.8 Å². The van der Waals surface area contributed by atoms with Gasteiger partial charge in [0.1, 0.15) is 31.0 Å². The Morgan fingerprint density at radius 2 is 1.45 bits per heavy atom. The number of aliphatic hydroxyl groups excluding tert-OH is 3. The van der Waals surface area contributed by atoms with Crippen LogP contribution in [-0.4, -0.2) is 69.9 Å². The van der Waals surface area contributed by atoms with Crippen LogP contribution in [0.4, 0.5) is 0 Å². The lowest BCUT2D eigenvalue weighted by Crippen LogP contribution is -2.61. The van der Waals surface area contributed by atoms with Gasteiger partial charge >= 0.3 is 11.9 Å². The molecule has 1 saturated heterocycles. The van der Waals surface area contributed by atoms with E-state index in [1.165, 1.54) is 0 Å². The van der Waals surface area contributed by atoms with Gasteiger partial charge in [0.15, 0.2) is 6.10 Å². The van der Waals surface area contributed by atoms with Crippen LogP contribution in [0.25, 0.3) is 0 Å². The van der Waals surface area contributed by atoms with E-state index >= 15 is 0 Å². The highest BCUT2D eigenvalue weighted by molar-refractivity contribution is 5.86. The largest absolute Gasteiger partial charge is 0.459 e. The average Bonchev–Trinajstić information content (AvgIpc) is 3.00. The number of benzene rings is 2. The molecule has 228 valence electrons. The number of nitrogens with one attached hydrogen (secondary N) is 1. The normalized spacial score (nSPS) is 28.5. The zero-order valence-electron chi connectivity index (χ0n) is 24.0. The average molecular weight is 584 g/mol. The Morgan fingerprint density at radius 3 is 2.05 bits per heavy atom. The quantitative estimate of drug-likeness (QED) is 0.309. The van der Waals surface area contributed by atoms with Gasteiger partial charge in [-0.3, -0.25) is 4.79 Å². The predicted octanol–water partition coefficient (Wildman–Crippen LogP) is 2.27. The smallest absolute Gasteiger partial charge is 0.338 e. The van der Waals surface area contributed by atoms with Crippen molar-refractivity contribution in [1.82, 2.24) is 5.32 Å². The molecule has 10 nitrogen and oxygen atoms in total. The molecule has 2 aliphatic rings. The van der Waals surface area contributed by atoms with Crippen LogP contribution in [0.5, 0.6) is 0 Å². The molecule has 1 saturated carbocycles. The Bertz CT molecular complexity index is 1170. The van der Waals surface area contributed by atoms with Crippen LogP contribution in [0, 0.1) is 17.8 Å². The Hall–Kier alpha value is -3.31. The highest BCUT2D eigenvalue weighted by Crippen LogP contribution is 2.33. The Labute approximate surface area is 246 Å². The maximum atomic E-state index is 13.4. The predicted molar refractivity (Wildman–Crippen MR) is 151 cm³/mol. The number of hydrogen-bond donors (Lipinski definition) is 4. The first kappa shape index (κ1) is 31.6. The first-order valence-electron chi connectivity index (χ1n) is 14.6. The molecule has 4 N–H and O–H groups in total. The van der Waals surface area contributed by atoms with Gasteiger partial charge < -0.3 is 34.8 Å². The van der Waals surface area contributed by atoms with Crippen molar-refractivity contribution in [3.63, 3.8) is 0 Å². The van der Waals surface area contributed by atoms with Gasteiger partial charge in [0, 0.05) is 12.3 Å². The zero-order valence-corrected chi connectivity index (χ0v) is 24.0. The number of aliphatic hydroxyl groups is 3. The molecular weight excluding hydrogens is 542 g/mol. The first-order valence-corrected chi connectivity index (χ1v) is 14.6. The number of esters is 2. The molecule has 0 unspecified atom stereocenters. The molecule has 4 rings (SSSR count). The van der Waals surface area contributed by atoms with E-state index in [1.807, 2.05) is 30.3 Å². The van der Waals surface area contributed by atoms with Gasteiger partial charge in [0.05, 0.1) is 0 Å². The molecule has 1 aliphatic carbocycles. The van der Waals surface area contributed by atoms with Crippen LogP contribution in [0.15, 0.2) is 60.7 Å². The molecule has 2 aromatic carbocycles. The zero-order chi connectivity index (χ0) is 30.2. The molecule has 0 spiro atoms. The Kier molecular flexibility index (Phi) is 11.1. The van der Waals surface area contributed by atoms with Crippen LogP contribution in [0.2, 0.25) is 0 Å². The third kappa shape index (κ3) is 8.16. The molecule has 2 fully saturated rings. The summed E-state index contributed by atoms with van der Waals surface area (Å²) in [4.78, 5) is 39.4. The number of ether oxygens (including phenoxy) is 3. The van der Waals surface area contributed by atoms with E-state index in [9.17, 15) is 29.7 Å². The minimum Gasteiger partial charge on any atom is -0.459 e. The molecule has 1 amide bonds. The molecular formula is C32H41NO9. The maximum absolute atomic E-state index is 13.4. The summed E-state index contributed by atoms with van der Waals surface area (Å²) in [5.74, 6) is -1.28. The van der Waals surface area contributed by atoms with Gasteiger partial charge in [0.25, 0.3) is 0 Å². The standard InChI is InChI=1S/C32H41NO9/c1-19(2)22-13-15-23(16-14-22)29(37)33-24(17-20-9-5-3-6-10-20)30(38)42-32-27(36)25(34)26(35)28(41-32)31(39)40-18-21-11-7-4-8-12-21/h3-12,19,22-28,32,34-36H,13-18H2,1-2H3,(H,33,37)/t22?,23?,24-,25+,26+,27+,28-,32+/m1/s1. The second-order valence-corrected chi connectivity index (χ2v) is 11.5. The van der Waals surface area contributed by atoms with E-state index in [0.717, 1.165) is 31.2 Å². The fourth-order valence-corrected chi connectivity index (χ4v) is 5.53. The molecule has 0 aromatic heterocycles. The minimum atomic E-state index is -1.86. The van der Waals surface area contributed by atoms with Crippen molar-refractivity contribution >= 4 is 17.8 Å². The molecule has 1 heterocycles. The summed E-state index contributed by atoms with van der Waals surface area (Å²) < 4.78 is 16.1. The van der Waals surface area contributed by atoms with Crippen molar-refractivity contribution in [2.75, 3.05) is 0 Å². The number of hydrogen-bond acceptors (Lipinski definition) is 9. The lowest BCUT2D eigenvalue weighted by atomic mass is 9.76. The van der Waals surface area contributed by atoms with Crippen molar-refractivity contribution in [3.05, 3.63) is 71.8 Å². The molecule has 1 aliphatic heterocycles. The third-order valence-electron chi connectivity index (χ3n) is 8.23. The summed E-state index contributed by atoms with van der Waals surface area (Å²) in [6, 6.07) is 16.8. The van der Waals surface area contributed by atoms with E-state index in [-0.39, 0.29) is 24.9 Å². The lowest BCUT2D eigenvalue weighted by Gasteiger charge is -2.39. The monoisotopic (exact) mass is 583 g/mol. The van der Waals surface area contributed by atoms with Gasteiger partial charge in [-0.1, -0.05) is 74.5 Å². The van der Waals surface area contributed by atoms with Crippen LogP contribution in [0.3, 0.4) is 0 Å². The fourth-order valence-electron chi connectivity index (χ4n) is 5.53. The number of carbonyl (C=O) groups is 3. The van der Waals surface area contributed by atoms with E-state index in [0.29, 0.717) is 17.4 Å². The van der Waals surface area contributed by atoms with Crippen LogP contribution in [-0.2, 0) is 41.6 Å². The fraction of sp³-hybridized carbons (Fsp3) is 0.531. The van der Waals surface area contributed by atoms with Crippen molar-refractivity contribution < 1.29 is 43.9 Å². The van der Waals surface area contributed by atoms with Crippen LogP contribution < -0.4 is 5.32 Å². The van der Waals surface area contributed by atoms with Gasteiger partial charge in [0.2, 0.25) is 12.2 Å². The van der Waals surface area contributed by atoms with E-state index in [1.54, 1.807) is 30.3 Å². The van der Waals surface area contributed by atoms with Gasteiger partial charge in [-0.05, 0) is 48.6 Å². The molecule has 0 radical (unpaired) electrons. The summed E-state index contributed by atoms with van der Waals surface area (Å²) in [5, 5.41) is 34.2. The second kappa shape index (κ2) is 14.7. The highest BCUT2D eigenvalue weighted by atomic mass is 16.7. The van der Waals surface area contributed by atoms with E-state index < -0.39 is 48.7 Å². The SMILES string of the molecule is CC(C)C1CCC(C(=O)N[C@H](Cc2ccccc2)C(=O)O[C@@H]2O[C@@H](C(=O)OCc3ccccc3)[C@@H](O)[C@H](O)[C@@H]2O)CC1. The summed E-state index contributed by atoms with van der Waals surface area (Å²) in [6.45, 7) is 4.25. The highest BCUT2D eigenvalue weighted by Gasteiger charge is 2.49. The van der Waals surface area contributed by atoms with E-state index in [4.69, 9.17) is 14.2 Å². The number of rotatable bonds is 10. The Balaban J connectivity index is 1.43. The summed E-state index contributed by atoms with van der Waals surface area (Å²) in [6.07, 6.45) is -5.59. The van der Waals surface area contributed by atoms with Crippen molar-refractivity contribution in [1.29, 1.82) is 0 Å². The van der Waals surface area contributed by atoms with E-state index in [2.05, 4.69) is 19.2 Å². The molecule has 0 bridgehead atoms. The number of amides is 1. The van der Waals surface area contributed by atoms with Crippen molar-refractivity contribution in [2.45, 2.75) is 89.3 Å². The van der Waals surface area contributed by atoms with Crippen LogP contribution >= 0.6 is 0 Å². The summed E-state index contributed by atoms with van der Waals surface area (Å²) in [5.41, 5.74) is 1.46. The van der Waals surface area contributed by atoms with Gasteiger partial charge in [-0.2, -0.15) is 0 Å².